The SMILES string of the molecule is COc1ccc(Br)c(CNC(=O)N2CCCC(C(=O)O)C2)c1. The normalized spacial score (nSPS) is 17.9. The highest BCUT2D eigenvalue weighted by atomic mass is 79.9. The number of aliphatic carboxylic acids is 1. The molecule has 0 radical (unpaired) electrons. The number of piperidine rings is 1. The minimum absolute atomic E-state index is 0.235. The van der Waals surface area contributed by atoms with Crippen molar-refractivity contribution in [2.75, 3.05) is 20.2 Å². The first-order valence-electron chi connectivity index (χ1n) is 7.09. The summed E-state index contributed by atoms with van der Waals surface area (Å²) in [4.78, 5) is 24.8. The lowest BCUT2D eigenvalue weighted by Gasteiger charge is -2.30. The van der Waals surface area contributed by atoms with E-state index < -0.39 is 11.9 Å². The van der Waals surface area contributed by atoms with Gasteiger partial charge < -0.3 is 20.1 Å². The number of halogens is 1. The van der Waals surface area contributed by atoms with E-state index in [1.165, 1.54) is 0 Å². The number of nitrogens with zero attached hydrogens (tertiary/aromatic N) is 1. The van der Waals surface area contributed by atoms with E-state index in [1.807, 2.05) is 18.2 Å². The number of carboxylic acid groups (broad SMARTS) is 1. The van der Waals surface area contributed by atoms with Gasteiger partial charge in [-0.2, -0.15) is 0 Å². The maximum absolute atomic E-state index is 12.2. The van der Waals surface area contributed by atoms with Crippen molar-refractivity contribution in [1.29, 1.82) is 0 Å². The zero-order chi connectivity index (χ0) is 16.1. The van der Waals surface area contributed by atoms with Crippen LogP contribution in [0.5, 0.6) is 5.75 Å². The molecule has 6 nitrogen and oxygen atoms in total. The monoisotopic (exact) mass is 370 g/mol. The number of hydrogen-bond acceptors (Lipinski definition) is 3. The van der Waals surface area contributed by atoms with Crippen molar-refractivity contribution in [3.05, 3.63) is 28.2 Å². The standard InChI is InChI=1S/C15H19BrN2O4/c1-22-12-4-5-13(16)11(7-12)8-17-15(21)18-6-2-3-10(9-18)14(19)20/h4-5,7,10H,2-3,6,8-9H2,1H3,(H,17,21)(H,19,20). The highest BCUT2D eigenvalue weighted by Gasteiger charge is 2.27. The summed E-state index contributed by atoms with van der Waals surface area (Å²) in [5.74, 6) is -0.590. The number of carboxylic acids is 1. The van der Waals surface area contributed by atoms with E-state index in [9.17, 15) is 9.59 Å². The van der Waals surface area contributed by atoms with E-state index in [2.05, 4.69) is 21.2 Å². The summed E-state index contributed by atoms with van der Waals surface area (Å²) in [5.41, 5.74) is 0.902. The smallest absolute Gasteiger partial charge is 0.317 e. The Hall–Kier alpha value is -1.76. The molecule has 1 fully saturated rings. The Bertz CT molecular complexity index is 564. The number of urea groups is 1. The van der Waals surface area contributed by atoms with Crippen LogP contribution in [0, 0.1) is 5.92 Å². The third-order valence-electron chi connectivity index (χ3n) is 3.74. The molecular weight excluding hydrogens is 352 g/mol. The van der Waals surface area contributed by atoms with Crippen LogP contribution in [-0.4, -0.2) is 42.2 Å². The van der Waals surface area contributed by atoms with Gasteiger partial charge in [0.25, 0.3) is 0 Å². The number of hydrogen-bond donors (Lipinski definition) is 2. The van der Waals surface area contributed by atoms with E-state index in [4.69, 9.17) is 9.84 Å². The van der Waals surface area contributed by atoms with Gasteiger partial charge in [0.05, 0.1) is 13.0 Å². The van der Waals surface area contributed by atoms with Gasteiger partial charge in [0, 0.05) is 24.1 Å². The van der Waals surface area contributed by atoms with Crippen molar-refractivity contribution >= 4 is 27.9 Å². The predicted octanol–water partition coefficient (Wildman–Crippen LogP) is 2.46. The van der Waals surface area contributed by atoms with Crippen LogP contribution in [0.15, 0.2) is 22.7 Å². The van der Waals surface area contributed by atoms with Crippen molar-refractivity contribution < 1.29 is 19.4 Å². The Morgan fingerprint density at radius 3 is 2.95 bits per heavy atom. The van der Waals surface area contributed by atoms with Gasteiger partial charge in [0.15, 0.2) is 0 Å². The molecule has 7 heteroatoms. The van der Waals surface area contributed by atoms with Crippen LogP contribution in [0.25, 0.3) is 0 Å². The van der Waals surface area contributed by atoms with E-state index in [1.54, 1.807) is 12.0 Å². The van der Waals surface area contributed by atoms with Crippen molar-refractivity contribution in [3.63, 3.8) is 0 Å². The van der Waals surface area contributed by atoms with Gasteiger partial charge in [-0.25, -0.2) is 4.79 Å². The lowest BCUT2D eigenvalue weighted by Crippen LogP contribution is -2.46. The topological polar surface area (TPSA) is 78.9 Å². The first-order valence-corrected chi connectivity index (χ1v) is 7.88. The molecule has 0 aromatic heterocycles. The maximum atomic E-state index is 12.2. The van der Waals surface area contributed by atoms with Crippen LogP contribution in [0.2, 0.25) is 0 Å². The Balaban J connectivity index is 1.93. The van der Waals surface area contributed by atoms with Gasteiger partial charge in [0.2, 0.25) is 0 Å². The van der Waals surface area contributed by atoms with Crippen molar-refractivity contribution in [2.45, 2.75) is 19.4 Å². The number of nitrogens with one attached hydrogen (secondary N) is 1. The second-order valence-corrected chi connectivity index (χ2v) is 6.09. The summed E-state index contributed by atoms with van der Waals surface area (Å²) in [6.07, 6.45) is 1.34. The average molecular weight is 371 g/mol. The molecule has 1 aliphatic rings. The molecule has 2 amide bonds. The molecule has 0 spiro atoms. The average Bonchev–Trinajstić information content (AvgIpc) is 2.53. The van der Waals surface area contributed by atoms with Gasteiger partial charge >= 0.3 is 12.0 Å². The van der Waals surface area contributed by atoms with Crippen LogP contribution in [-0.2, 0) is 11.3 Å². The van der Waals surface area contributed by atoms with Crippen LogP contribution >= 0.6 is 15.9 Å². The van der Waals surface area contributed by atoms with Crippen LogP contribution < -0.4 is 10.1 Å². The van der Waals surface area contributed by atoms with Crippen molar-refractivity contribution in [1.82, 2.24) is 10.2 Å². The minimum Gasteiger partial charge on any atom is -0.497 e. The molecule has 2 rings (SSSR count). The number of methoxy groups -OCH3 is 1. The van der Waals surface area contributed by atoms with E-state index in [0.717, 1.165) is 15.8 Å². The number of carbonyl (C=O) groups excluding carboxylic acids is 1. The van der Waals surface area contributed by atoms with Gasteiger partial charge in [-0.3, -0.25) is 4.79 Å². The van der Waals surface area contributed by atoms with E-state index in [-0.39, 0.29) is 12.6 Å². The zero-order valence-corrected chi connectivity index (χ0v) is 13.9. The van der Waals surface area contributed by atoms with Gasteiger partial charge in [-0.05, 0) is 36.6 Å². The second kappa shape index (κ2) is 7.49. The van der Waals surface area contributed by atoms with E-state index >= 15 is 0 Å². The Morgan fingerprint density at radius 2 is 2.27 bits per heavy atom. The molecule has 1 aromatic carbocycles. The number of likely N-dealkylation sites (tertiary alicyclic amines) is 1. The molecule has 1 unspecified atom stereocenters. The summed E-state index contributed by atoms with van der Waals surface area (Å²) < 4.78 is 6.05. The molecular formula is C15H19BrN2O4. The van der Waals surface area contributed by atoms with Gasteiger partial charge in [0.1, 0.15) is 5.75 Å². The quantitative estimate of drug-likeness (QED) is 0.852. The molecule has 0 aliphatic carbocycles. The highest BCUT2D eigenvalue weighted by Crippen LogP contribution is 2.22. The number of ether oxygens (including phenoxy) is 1. The summed E-state index contributed by atoms with van der Waals surface area (Å²) in [6.45, 7) is 1.21. The fraction of sp³-hybridized carbons (Fsp3) is 0.467. The predicted molar refractivity (Wildman–Crippen MR) is 84.9 cm³/mol. The summed E-state index contributed by atoms with van der Waals surface area (Å²) in [5, 5.41) is 11.9. The Labute approximate surface area is 137 Å². The minimum atomic E-state index is -0.840. The zero-order valence-electron chi connectivity index (χ0n) is 12.3. The lowest BCUT2D eigenvalue weighted by atomic mass is 9.99. The second-order valence-electron chi connectivity index (χ2n) is 5.24. The number of rotatable bonds is 4. The first-order chi connectivity index (χ1) is 10.5. The van der Waals surface area contributed by atoms with Crippen LogP contribution in [0.4, 0.5) is 4.79 Å². The molecule has 22 heavy (non-hydrogen) atoms. The molecule has 1 aliphatic heterocycles. The van der Waals surface area contributed by atoms with Crippen LogP contribution in [0.3, 0.4) is 0 Å². The molecule has 120 valence electrons. The highest BCUT2D eigenvalue weighted by molar-refractivity contribution is 9.10. The number of amides is 2. The molecule has 0 bridgehead atoms. The first kappa shape index (κ1) is 16.6. The molecule has 1 saturated heterocycles. The molecule has 2 N–H and O–H groups in total. The van der Waals surface area contributed by atoms with Gasteiger partial charge in [-0.15, -0.1) is 0 Å². The summed E-state index contributed by atoms with van der Waals surface area (Å²) in [6, 6.07) is 5.31. The largest absolute Gasteiger partial charge is 0.497 e. The van der Waals surface area contributed by atoms with Crippen molar-refractivity contribution in [3.8, 4) is 5.75 Å². The van der Waals surface area contributed by atoms with Crippen LogP contribution in [0.1, 0.15) is 18.4 Å². The third-order valence-corrected chi connectivity index (χ3v) is 4.51. The molecule has 1 heterocycles. The summed E-state index contributed by atoms with van der Waals surface area (Å²) >= 11 is 3.44. The number of carbonyl (C=O) groups is 2. The third kappa shape index (κ3) is 4.13. The summed E-state index contributed by atoms with van der Waals surface area (Å²) in [7, 11) is 1.59. The molecule has 1 aromatic rings. The number of benzene rings is 1. The lowest BCUT2D eigenvalue weighted by molar-refractivity contribution is -0.143. The fourth-order valence-electron chi connectivity index (χ4n) is 2.46. The Kier molecular flexibility index (Phi) is 5.65. The van der Waals surface area contributed by atoms with E-state index in [0.29, 0.717) is 25.9 Å². The molecule has 0 saturated carbocycles. The van der Waals surface area contributed by atoms with Crippen molar-refractivity contribution in [2.24, 2.45) is 5.92 Å². The molecule has 1 atom stereocenters. The fourth-order valence-corrected chi connectivity index (χ4v) is 2.85. The van der Waals surface area contributed by atoms with Gasteiger partial charge in [-0.1, -0.05) is 15.9 Å². The maximum Gasteiger partial charge on any atom is 0.317 e. The Morgan fingerprint density at radius 1 is 1.50 bits per heavy atom.